The summed E-state index contributed by atoms with van der Waals surface area (Å²) in [6.45, 7) is 1.12. The Morgan fingerprint density at radius 2 is 1.77 bits per heavy atom. The Morgan fingerprint density at radius 3 is 2.32 bits per heavy atom. The fraction of sp³-hybridized carbons (Fsp3) is 0.462. The van der Waals surface area contributed by atoms with Crippen LogP contribution >= 0.6 is 0 Å². The molecule has 0 fully saturated rings. The van der Waals surface area contributed by atoms with E-state index in [4.69, 9.17) is 10.2 Å². The molecule has 0 aromatic heterocycles. The Balaban J connectivity index is 2.54. The molecule has 9 heteroatoms. The first kappa shape index (κ1) is 18.7. The zero-order valence-corrected chi connectivity index (χ0v) is 12.7. The molecule has 0 spiro atoms. The molecule has 0 aliphatic heterocycles. The topological polar surface area (TPSA) is 143 Å². The summed E-state index contributed by atoms with van der Waals surface area (Å²) in [6, 6.07) is 6.87. The third-order valence-electron chi connectivity index (χ3n) is 2.88. The van der Waals surface area contributed by atoms with Crippen LogP contribution in [0.4, 0.5) is 0 Å². The molecule has 0 unspecified atom stereocenters. The lowest BCUT2D eigenvalue weighted by molar-refractivity contribution is -0.0999. The van der Waals surface area contributed by atoms with Gasteiger partial charge in [0, 0.05) is 0 Å². The molecule has 0 amide bonds. The van der Waals surface area contributed by atoms with Crippen molar-refractivity contribution in [3.8, 4) is 0 Å². The Kier molecular flexibility index (Phi) is 7.59. The van der Waals surface area contributed by atoms with Gasteiger partial charge in [0.25, 0.3) is 0 Å². The van der Waals surface area contributed by atoms with E-state index in [1.165, 1.54) is 0 Å². The fourth-order valence-corrected chi connectivity index (χ4v) is 2.14. The van der Waals surface area contributed by atoms with Gasteiger partial charge in [-0.25, -0.2) is 9.04 Å². The molecule has 0 heterocycles. The minimum absolute atomic E-state index is 0.480. The van der Waals surface area contributed by atoms with Crippen LogP contribution in [0.3, 0.4) is 0 Å². The molecule has 1 rings (SSSR count). The molecular formula is C13H20N2O6S. The van der Waals surface area contributed by atoms with Crippen LogP contribution < -0.4 is 4.83 Å². The van der Waals surface area contributed by atoms with Crippen LogP contribution in [0, 0.1) is 6.92 Å². The van der Waals surface area contributed by atoms with Crippen molar-refractivity contribution in [1.29, 1.82) is 0 Å². The lowest BCUT2D eigenvalue weighted by atomic mass is 10.0. The number of aliphatic hydroxyl groups excluding tert-OH is 5. The largest absolute Gasteiger partial charge is 0.394 e. The molecule has 0 aliphatic carbocycles. The second-order valence-corrected chi connectivity index (χ2v) is 5.86. The number of hydrogen-bond donors (Lipinski definition) is 6. The maximum Gasteiger partial charge on any atom is 0.166 e. The van der Waals surface area contributed by atoms with Gasteiger partial charge in [-0.2, -0.15) is 5.10 Å². The average Bonchev–Trinajstić information content (AvgIpc) is 2.52. The van der Waals surface area contributed by atoms with E-state index in [1.54, 1.807) is 24.3 Å². The van der Waals surface area contributed by atoms with Crippen LogP contribution in [-0.4, -0.2) is 67.0 Å². The molecule has 1 aromatic rings. The second-order valence-electron chi connectivity index (χ2n) is 4.67. The van der Waals surface area contributed by atoms with Crippen molar-refractivity contribution < 1.29 is 29.7 Å². The van der Waals surface area contributed by atoms with E-state index < -0.39 is 42.0 Å². The van der Waals surface area contributed by atoms with E-state index >= 15 is 0 Å². The molecule has 22 heavy (non-hydrogen) atoms. The van der Waals surface area contributed by atoms with Crippen molar-refractivity contribution in [3.63, 3.8) is 0 Å². The van der Waals surface area contributed by atoms with Crippen LogP contribution in [0.2, 0.25) is 0 Å². The summed E-state index contributed by atoms with van der Waals surface area (Å²) in [5, 5.41) is 49.8. The normalized spacial score (nSPS) is 18.6. The summed E-state index contributed by atoms with van der Waals surface area (Å²) in [5.41, 5.74) is 1.01. The van der Waals surface area contributed by atoms with E-state index in [9.17, 15) is 19.5 Å². The van der Waals surface area contributed by atoms with Crippen LogP contribution in [-0.2, 0) is 11.0 Å². The first-order chi connectivity index (χ1) is 10.4. The van der Waals surface area contributed by atoms with E-state index in [-0.39, 0.29) is 0 Å². The Bertz CT molecular complexity index is 510. The third kappa shape index (κ3) is 5.44. The highest BCUT2D eigenvalue weighted by molar-refractivity contribution is 7.83. The smallest absolute Gasteiger partial charge is 0.166 e. The summed E-state index contributed by atoms with van der Waals surface area (Å²) in [6.07, 6.45) is -5.86. The molecule has 0 bridgehead atoms. The Morgan fingerprint density at radius 1 is 1.18 bits per heavy atom. The highest BCUT2D eigenvalue weighted by Crippen LogP contribution is 2.07. The summed E-state index contributed by atoms with van der Waals surface area (Å²) in [4.78, 5) is 2.74. The molecule has 0 radical (unpaired) electrons. The van der Waals surface area contributed by atoms with Gasteiger partial charge in [-0.1, -0.05) is 17.7 Å². The van der Waals surface area contributed by atoms with Crippen LogP contribution in [0.15, 0.2) is 34.3 Å². The van der Waals surface area contributed by atoms with Gasteiger partial charge in [0.2, 0.25) is 0 Å². The number of rotatable bonds is 8. The summed E-state index contributed by atoms with van der Waals surface area (Å²) in [7, 11) is -1.63. The molecule has 0 aliphatic rings. The van der Waals surface area contributed by atoms with Gasteiger partial charge in [0.1, 0.15) is 24.4 Å². The number of nitrogens with one attached hydrogen (secondary N) is 1. The molecule has 124 valence electrons. The minimum Gasteiger partial charge on any atom is -0.394 e. The van der Waals surface area contributed by atoms with Gasteiger partial charge < -0.3 is 25.5 Å². The number of hydrazone groups is 1. The maximum atomic E-state index is 11.8. The van der Waals surface area contributed by atoms with Crippen LogP contribution in [0.25, 0.3) is 0 Å². The van der Waals surface area contributed by atoms with Gasteiger partial charge in [-0.05, 0) is 19.1 Å². The maximum absolute atomic E-state index is 11.8. The molecule has 8 nitrogen and oxygen atoms in total. The van der Waals surface area contributed by atoms with Crippen molar-refractivity contribution in [2.75, 3.05) is 6.61 Å². The molecular weight excluding hydrogens is 312 g/mol. The second kappa shape index (κ2) is 8.93. The lowest BCUT2D eigenvalue weighted by Crippen LogP contribution is -2.46. The third-order valence-corrected chi connectivity index (χ3v) is 3.85. The van der Waals surface area contributed by atoms with Crippen molar-refractivity contribution >= 4 is 17.2 Å². The van der Waals surface area contributed by atoms with Crippen molar-refractivity contribution in [3.05, 3.63) is 29.8 Å². The van der Waals surface area contributed by atoms with Crippen LogP contribution in [0.5, 0.6) is 0 Å². The minimum atomic E-state index is -1.75. The van der Waals surface area contributed by atoms with Crippen LogP contribution in [0.1, 0.15) is 5.56 Å². The number of hydrogen-bond acceptors (Lipinski definition) is 7. The number of benzene rings is 1. The average molecular weight is 332 g/mol. The Labute approximate surface area is 130 Å². The number of aryl methyl sites for hydroxylation is 1. The molecule has 1 aromatic carbocycles. The van der Waals surface area contributed by atoms with Gasteiger partial charge in [0.15, 0.2) is 11.0 Å². The fourth-order valence-electron chi connectivity index (χ4n) is 1.50. The zero-order valence-electron chi connectivity index (χ0n) is 11.9. The predicted molar refractivity (Wildman–Crippen MR) is 80.3 cm³/mol. The van der Waals surface area contributed by atoms with Crippen molar-refractivity contribution in [2.45, 2.75) is 36.2 Å². The van der Waals surface area contributed by atoms with Gasteiger partial charge >= 0.3 is 0 Å². The predicted octanol–water partition coefficient (Wildman–Crippen LogP) is -1.97. The van der Waals surface area contributed by atoms with Gasteiger partial charge in [-0.3, -0.25) is 0 Å². The number of nitrogens with zero attached hydrogens (tertiary/aromatic N) is 1. The number of aliphatic hydroxyl groups is 5. The van der Waals surface area contributed by atoms with E-state index in [0.717, 1.165) is 11.8 Å². The zero-order chi connectivity index (χ0) is 16.7. The van der Waals surface area contributed by atoms with Gasteiger partial charge in [0.05, 0.1) is 17.7 Å². The monoisotopic (exact) mass is 332 g/mol. The van der Waals surface area contributed by atoms with Crippen molar-refractivity contribution in [1.82, 2.24) is 4.83 Å². The SMILES string of the molecule is Cc1ccc([S@](=O)N/N=C/[C@H](O)[C@H](O)[C@H](O)[C@H](O)CO)cc1. The molecule has 6 N–H and O–H groups in total. The highest BCUT2D eigenvalue weighted by atomic mass is 32.2. The summed E-state index contributed by atoms with van der Waals surface area (Å²) < 4.78 is 11.8. The molecule has 0 saturated carbocycles. The van der Waals surface area contributed by atoms with E-state index in [0.29, 0.717) is 4.90 Å². The van der Waals surface area contributed by atoms with Gasteiger partial charge in [-0.15, -0.1) is 0 Å². The van der Waals surface area contributed by atoms with E-state index in [1.807, 2.05) is 6.92 Å². The quantitative estimate of drug-likeness (QED) is 0.241. The highest BCUT2D eigenvalue weighted by Gasteiger charge is 2.29. The summed E-state index contributed by atoms with van der Waals surface area (Å²) in [5.74, 6) is 0. The lowest BCUT2D eigenvalue weighted by Gasteiger charge is -2.23. The Hall–Kier alpha value is -1.36. The standard InChI is InChI=1S/C13H20N2O6S/c1-8-2-4-9(5-3-8)22(21)15-14-6-10(17)12(19)13(20)11(18)7-16/h2-6,10-13,15-20H,7H2,1H3/b14-6+/t10-,11+,12-,13+,22-/m0/s1. The molecule has 5 atom stereocenters. The summed E-state index contributed by atoms with van der Waals surface area (Å²) >= 11 is 0. The first-order valence-electron chi connectivity index (χ1n) is 6.47. The molecule has 0 saturated heterocycles. The first-order valence-corrected chi connectivity index (χ1v) is 7.62. The van der Waals surface area contributed by atoms with Crippen molar-refractivity contribution in [2.24, 2.45) is 5.10 Å². The van der Waals surface area contributed by atoms with E-state index in [2.05, 4.69) is 9.93 Å².